The van der Waals surface area contributed by atoms with Crippen molar-refractivity contribution in [2.24, 2.45) is 0 Å². The summed E-state index contributed by atoms with van der Waals surface area (Å²) in [6.45, 7) is 3.16. The number of hydrogen-bond acceptors (Lipinski definition) is 3. The van der Waals surface area contributed by atoms with Crippen molar-refractivity contribution in [3.63, 3.8) is 0 Å². The number of rotatable bonds is 3. The number of carboxylic acid groups (broad SMARTS) is 1. The zero-order valence-electron chi connectivity index (χ0n) is 8.60. The third-order valence-electron chi connectivity index (χ3n) is 1.79. The van der Waals surface area contributed by atoms with E-state index < -0.39 is 11.6 Å². The lowest BCUT2D eigenvalue weighted by atomic mass is 10.1. The quantitative estimate of drug-likeness (QED) is 0.754. The van der Waals surface area contributed by atoms with Crippen molar-refractivity contribution < 1.29 is 15.0 Å². The zero-order valence-corrected chi connectivity index (χ0v) is 8.60. The molecule has 0 saturated carbocycles. The molecule has 0 radical (unpaired) electrons. The SMILES string of the molecule is CC(C)(O)Cn1cc(C(=O)O)ccc1=O. The maximum atomic E-state index is 11.3. The van der Waals surface area contributed by atoms with Crippen LogP contribution in [0, 0.1) is 0 Å². The van der Waals surface area contributed by atoms with Crippen molar-refractivity contribution in [2.45, 2.75) is 26.0 Å². The monoisotopic (exact) mass is 211 g/mol. The molecule has 0 bridgehead atoms. The zero-order chi connectivity index (χ0) is 11.6. The summed E-state index contributed by atoms with van der Waals surface area (Å²) in [5.74, 6) is -1.10. The Morgan fingerprint density at radius 3 is 2.53 bits per heavy atom. The van der Waals surface area contributed by atoms with Gasteiger partial charge in [0.05, 0.1) is 17.7 Å². The number of nitrogens with zero attached hydrogens (tertiary/aromatic N) is 1. The third kappa shape index (κ3) is 3.21. The number of carboxylic acids is 1. The molecule has 5 heteroatoms. The van der Waals surface area contributed by atoms with Gasteiger partial charge in [-0.2, -0.15) is 0 Å². The number of hydrogen-bond donors (Lipinski definition) is 2. The molecule has 0 unspecified atom stereocenters. The van der Waals surface area contributed by atoms with Gasteiger partial charge in [-0.1, -0.05) is 0 Å². The lowest BCUT2D eigenvalue weighted by Crippen LogP contribution is -2.32. The highest BCUT2D eigenvalue weighted by atomic mass is 16.4. The highest BCUT2D eigenvalue weighted by Crippen LogP contribution is 2.04. The second kappa shape index (κ2) is 3.86. The van der Waals surface area contributed by atoms with Crippen molar-refractivity contribution in [1.82, 2.24) is 4.57 Å². The minimum absolute atomic E-state index is 0.0267. The molecule has 1 heterocycles. The second-order valence-electron chi connectivity index (χ2n) is 4.00. The van der Waals surface area contributed by atoms with E-state index in [0.717, 1.165) is 0 Å². The van der Waals surface area contributed by atoms with Crippen molar-refractivity contribution in [3.05, 3.63) is 34.2 Å². The van der Waals surface area contributed by atoms with Crippen molar-refractivity contribution >= 4 is 5.97 Å². The van der Waals surface area contributed by atoms with E-state index in [4.69, 9.17) is 5.11 Å². The lowest BCUT2D eigenvalue weighted by molar-refractivity contribution is 0.0593. The van der Waals surface area contributed by atoms with Crippen LogP contribution in [0.3, 0.4) is 0 Å². The lowest BCUT2D eigenvalue weighted by Gasteiger charge is -2.18. The molecule has 5 nitrogen and oxygen atoms in total. The van der Waals surface area contributed by atoms with Gasteiger partial charge in [0.1, 0.15) is 0 Å². The number of carbonyl (C=O) groups is 1. The molecule has 0 spiro atoms. The number of pyridine rings is 1. The first kappa shape index (κ1) is 11.5. The van der Waals surface area contributed by atoms with Crippen molar-refractivity contribution in [1.29, 1.82) is 0 Å². The van der Waals surface area contributed by atoms with Gasteiger partial charge in [-0.05, 0) is 19.9 Å². The van der Waals surface area contributed by atoms with Crippen LogP contribution < -0.4 is 5.56 Å². The molecule has 1 aromatic heterocycles. The van der Waals surface area contributed by atoms with Gasteiger partial charge >= 0.3 is 5.97 Å². The fraction of sp³-hybridized carbons (Fsp3) is 0.400. The Bertz CT molecular complexity index is 428. The molecule has 2 N–H and O–H groups in total. The predicted octanol–water partition coefficient (Wildman–Crippen LogP) is 0.317. The maximum Gasteiger partial charge on any atom is 0.337 e. The van der Waals surface area contributed by atoms with Crippen LogP contribution in [0.25, 0.3) is 0 Å². The third-order valence-corrected chi connectivity index (χ3v) is 1.79. The fourth-order valence-electron chi connectivity index (χ4n) is 1.20. The largest absolute Gasteiger partial charge is 0.478 e. The van der Waals surface area contributed by atoms with Crippen molar-refractivity contribution in [2.75, 3.05) is 0 Å². The van der Waals surface area contributed by atoms with E-state index in [2.05, 4.69) is 0 Å². The molecule has 1 rings (SSSR count). The summed E-state index contributed by atoms with van der Waals surface area (Å²) in [7, 11) is 0. The molecule has 82 valence electrons. The minimum Gasteiger partial charge on any atom is -0.478 e. The molecule has 0 amide bonds. The van der Waals surface area contributed by atoms with Gasteiger partial charge in [0.2, 0.25) is 0 Å². The highest BCUT2D eigenvalue weighted by molar-refractivity contribution is 5.87. The topological polar surface area (TPSA) is 79.5 Å². The van der Waals surface area contributed by atoms with E-state index in [1.807, 2.05) is 0 Å². The number of aliphatic hydroxyl groups is 1. The Hall–Kier alpha value is -1.62. The van der Waals surface area contributed by atoms with Gasteiger partial charge in [-0.3, -0.25) is 4.79 Å². The number of aromatic nitrogens is 1. The van der Waals surface area contributed by atoms with E-state index in [9.17, 15) is 14.7 Å². The van der Waals surface area contributed by atoms with Gasteiger partial charge in [0.15, 0.2) is 0 Å². The summed E-state index contributed by atoms with van der Waals surface area (Å²) in [5.41, 5.74) is -1.36. The fourth-order valence-corrected chi connectivity index (χ4v) is 1.20. The Labute approximate surface area is 86.6 Å². The molecule has 0 fully saturated rings. The Morgan fingerprint density at radius 2 is 2.07 bits per heavy atom. The average Bonchev–Trinajstić information content (AvgIpc) is 2.06. The van der Waals surface area contributed by atoms with Gasteiger partial charge in [-0.15, -0.1) is 0 Å². The van der Waals surface area contributed by atoms with Crippen LogP contribution in [0.2, 0.25) is 0 Å². The van der Waals surface area contributed by atoms with Crippen LogP contribution in [-0.2, 0) is 6.54 Å². The van der Waals surface area contributed by atoms with Crippen LogP contribution in [0.1, 0.15) is 24.2 Å². The van der Waals surface area contributed by atoms with E-state index in [0.29, 0.717) is 0 Å². The Balaban J connectivity index is 3.12. The Kier molecular flexibility index (Phi) is 2.95. The normalized spacial score (nSPS) is 11.4. The summed E-state index contributed by atoms with van der Waals surface area (Å²) in [5, 5.41) is 18.2. The maximum absolute atomic E-state index is 11.3. The molecular formula is C10H13NO4. The summed E-state index contributed by atoms with van der Waals surface area (Å²) in [6.07, 6.45) is 1.22. The molecule has 0 saturated heterocycles. The number of aromatic carboxylic acids is 1. The summed E-state index contributed by atoms with van der Waals surface area (Å²) >= 11 is 0. The summed E-state index contributed by atoms with van der Waals surface area (Å²) in [6, 6.07) is 2.42. The van der Waals surface area contributed by atoms with Gasteiger partial charge < -0.3 is 14.8 Å². The molecular weight excluding hydrogens is 198 g/mol. The highest BCUT2D eigenvalue weighted by Gasteiger charge is 2.15. The van der Waals surface area contributed by atoms with Crippen LogP contribution in [0.15, 0.2) is 23.1 Å². The first-order chi connectivity index (χ1) is 6.79. The second-order valence-corrected chi connectivity index (χ2v) is 4.00. The molecule has 0 aromatic carbocycles. The van der Waals surface area contributed by atoms with Crippen LogP contribution in [0.4, 0.5) is 0 Å². The molecule has 0 aliphatic heterocycles. The van der Waals surface area contributed by atoms with Gasteiger partial charge in [-0.25, -0.2) is 4.79 Å². The van der Waals surface area contributed by atoms with E-state index in [-0.39, 0.29) is 17.7 Å². The smallest absolute Gasteiger partial charge is 0.337 e. The first-order valence-electron chi connectivity index (χ1n) is 4.46. The van der Waals surface area contributed by atoms with Crippen molar-refractivity contribution in [3.8, 4) is 0 Å². The standard InChI is InChI=1S/C10H13NO4/c1-10(2,15)6-11-5-7(9(13)14)3-4-8(11)12/h3-5,15H,6H2,1-2H3,(H,13,14). The van der Waals surface area contributed by atoms with E-state index in [1.54, 1.807) is 13.8 Å². The van der Waals surface area contributed by atoms with E-state index in [1.165, 1.54) is 22.9 Å². The first-order valence-corrected chi connectivity index (χ1v) is 4.46. The molecule has 15 heavy (non-hydrogen) atoms. The summed E-state index contributed by atoms with van der Waals surface area (Å²) in [4.78, 5) is 22.0. The average molecular weight is 211 g/mol. The van der Waals surface area contributed by atoms with Crippen LogP contribution >= 0.6 is 0 Å². The van der Waals surface area contributed by atoms with Crippen LogP contribution in [0.5, 0.6) is 0 Å². The predicted molar refractivity (Wildman–Crippen MR) is 54.0 cm³/mol. The molecule has 0 aliphatic rings. The minimum atomic E-state index is -1.10. The van der Waals surface area contributed by atoms with Gasteiger partial charge in [0, 0.05) is 12.3 Å². The van der Waals surface area contributed by atoms with Crippen LogP contribution in [-0.4, -0.2) is 26.4 Å². The Morgan fingerprint density at radius 1 is 1.47 bits per heavy atom. The van der Waals surface area contributed by atoms with Gasteiger partial charge in [0.25, 0.3) is 5.56 Å². The summed E-state index contributed by atoms with van der Waals surface area (Å²) < 4.78 is 1.18. The molecule has 0 atom stereocenters. The molecule has 1 aromatic rings. The molecule has 0 aliphatic carbocycles. The van der Waals surface area contributed by atoms with E-state index >= 15 is 0 Å².